The summed E-state index contributed by atoms with van der Waals surface area (Å²) in [4.78, 5) is 4.07. The molecule has 5 atom stereocenters. The first-order chi connectivity index (χ1) is 53.7. The largest absolute Gasteiger partial charge is 0.497 e. The summed E-state index contributed by atoms with van der Waals surface area (Å²) in [5.41, 5.74) is 32.1. The molecule has 22 rings (SSSR count). The number of aryl methyl sites for hydroxylation is 4. The minimum absolute atomic E-state index is 0.398. The van der Waals surface area contributed by atoms with Crippen molar-refractivity contribution in [2.45, 2.75) is 92.5 Å². The molecular formula is C102H88N5OS2+5. The molecule has 0 bridgehead atoms. The van der Waals surface area contributed by atoms with Gasteiger partial charge >= 0.3 is 0 Å². The fraction of sp³-hybridized carbons (Fsp3) is 0.147. The quantitative estimate of drug-likeness (QED) is 0.158. The zero-order valence-electron chi connectivity index (χ0n) is 63.9. The molecule has 5 unspecified atom stereocenters. The van der Waals surface area contributed by atoms with E-state index in [2.05, 4.69) is 401 Å². The predicted molar refractivity (Wildman–Crippen MR) is 455 cm³/mol. The van der Waals surface area contributed by atoms with Gasteiger partial charge in [0.1, 0.15) is 5.75 Å². The molecule has 5 aliphatic heterocycles. The first-order valence-electron chi connectivity index (χ1n) is 38.5. The van der Waals surface area contributed by atoms with Crippen molar-refractivity contribution in [3.05, 3.63) is 372 Å². The third kappa shape index (κ3) is 12.6. The number of rotatable bonds is 5. The van der Waals surface area contributed by atoms with E-state index >= 15 is 0 Å². The number of pyridine rings is 5. The van der Waals surface area contributed by atoms with Crippen LogP contribution in [-0.4, -0.2) is 7.11 Å². The van der Waals surface area contributed by atoms with E-state index in [9.17, 15) is 0 Å². The van der Waals surface area contributed by atoms with Crippen LogP contribution in [0.25, 0.3) is 131 Å². The minimum Gasteiger partial charge on any atom is -0.497 e. The van der Waals surface area contributed by atoms with Crippen molar-refractivity contribution < 1.29 is 27.6 Å². The molecule has 17 aromatic rings. The molecule has 10 aromatic carbocycles. The van der Waals surface area contributed by atoms with E-state index in [4.69, 9.17) is 4.74 Å². The van der Waals surface area contributed by atoms with E-state index in [0.29, 0.717) is 30.2 Å². The summed E-state index contributed by atoms with van der Waals surface area (Å²) in [5.74, 6) is 0.920. The van der Waals surface area contributed by atoms with Crippen LogP contribution in [0.5, 0.6) is 5.75 Å². The van der Waals surface area contributed by atoms with Gasteiger partial charge < -0.3 is 4.74 Å². The zero-order chi connectivity index (χ0) is 75.0. The van der Waals surface area contributed by atoms with E-state index in [-0.39, 0.29) is 0 Å². The van der Waals surface area contributed by atoms with Crippen LogP contribution in [0.2, 0.25) is 0 Å². The standard InChI is InChI=1S/2C24H20N.C22H18NS.C18H16NS.C14H14NO/c1-16-10-12-21(22-8-4-3-7-19(16)22)18-11-13-20-17(2)25-14-6-5-9-24(25)23(20)15-18;1-16-6-7-19-14-20(9-8-18(19)13-16)21-10-11-22-17(2)25-12-4-3-5-24(25)23(22)15-21;1-14-6-7-17-13-22(24-21(17)11-14)16-8-9-18-15(2)23-10-4-3-5-20(23)19(18)12-16;1-12-6-9-18(20-12)14-7-8-15-13(2)19-10-4-3-5-17(19)16(15)11-14;1-10-12-7-6-11(16-2)9-13(12)14-5-3-4-8-15(10)14/h2*3-15,17H,1-2H3;3-13,15H,1-2H3;3-11,13H,1-2H3;3-10H,1-2H3/q5*+1. The second-order valence-corrected chi connectivity index (χ2v) is 32.5. The van der Waals surface area contributed by atoms with Crippen molar-refractivity contribution in [2.75, 3.05) is 7.11 Å². The Morgan fingerprint density at radius 1 is 0.273 bits per heavy atom. The molecule has 0 saturated carbocycles. The second kappa shape index (κ2) is 28.8. The topological polar surface area (TPSA) is 28.6 Å². The van der Waals surface area contributed by atoms with Crippen molar-refractivity contribution in [1.82, 2.24) is 0 Å². The van der Waals surface area contributed by atoms with Crippen molar-refractivity contribution >= 4 is 54.3 Å². The fourth-order valence-corrected chi connectivity index (χ4v) is 19.5. The highest BCUT2D eigenvalue weighted by atomic mass is 32.1. The number of benzene rings is 10. The monoisotopic (exact) mass is 1460 g/mol. The lowest BCUT2D eigenvalue weighted by molar-refractivity contribution is -0.694. The number of ether oxygens (including phenoxy) is 1. The highest BCUT2D eigenvalue weighted by Crippen LogP contribution is 2.44. The second-order valence-electron chi connectivity index (χ2n) is 30.1. The van der Waals surface area contributed by atoms with Gasteiger partial charge in [0.25, 0.3) is 0 Å². The van der Waals surface area contributed by atoms with E-state index < -0.39 is 0 Å². The van der Waals surface area contributed by atoms with Gasteiger partial charge in [-0.05, 0) is 202 Å². The Morgan fingerprint density at radius 2 is 0.664 bits per heavy atom. The minimum atomic E-state index is 0.398. The normalized spacial score (nSPS) is 15.6. The maximum absolute atomic E-state index is 5.28. The van der Waals surface area contributed by atoms with Crippen LogP contribution < -0.4 is 27.6 Å². The lowest BCUT2D eigenvalue weighted by atomic mass is 9.92. The Labute approximate surface area is 653 Å². The zero-order valence-corrected chi connectivity index (χ0v) is 65.6. The van der Waals surface area contributed by atoms with Crippen LogP contribution in [0.1, 0.15) is 114 Å². The molecule has 6 nitrogen and oxygen atoms in total. The molecule has 534 valence electrons. The summed E-state index contributed by atoms with van der Waals surface area (Å²) in [6, 6.07) is 108. The highest BCUT2D eigenvalue weighted by Gasteiger charge is 2.38. The van der Waals surface area contributed by atoms with E-state index in [1.807, 2.05) is 28.7 Å². The first kappa shape index (κ1) is 69.7. The Kier molecular flexibility index (Phi) is 18.2. The van der Waals surface area contributed by atoms with Crippen molar-refractivity contribution in [1.29, 1.82) is 0 Å². The van der Waals surface area contributed by atoms with Crippen LogP contribution >= 0.6 is 22.7 Å². The van der Waals surface area contributed by atoms with Crippen LogP contribution in [-0.2, 0) is 0 Å². The highest BCUT2D eigenvalue weighted by molar-refractivity contribution is 7.22. The number of hydrogen-bond acceptors (Lipinski definition) is 3. The van der Waals surface area contributed by atoms with Crippen LogP contribution in [0.3, 0.4) is 0 Å². The van der Waals surface area contributed by atoms with Crippen molar-refractivity contribution in [2.24, 2.45) is 0 Å². The van der Waals surface area contributed by atoms with E-state index in [0.717, 1.165) is 5.75 Å². The maximum atomic E-state index is 5.28. The average molecular weight is 1460 g/mol. The van der Waals surface area contributed by atoms with Crippen molar-refractivity contribution in [3.63, 3.8) is 0 Å². The third-order valence-corrected chi connectivity index (χ3v) is 25.6. The number of methoxy groups -OCH3 is 1. The van der Waals surface area contributed by atoms with Crippen LogP contribution in [0, 0.1) is 27.7 Å². The molecule has 0 amide bonds. The Balaban J connectivity index is 0.0000000973. The third-order valence-electron chi connectivity index (χ3n) is 23.4. The van der Waals surface area contributed by atoms with E-state index in [1.54, 1.807) is 7.11 Å². The summed E-state index contributed by atoms with van der Waals surface area (Å²) in [6.07, 6.45) is 10.8. The summed E-state index contributed by atoms with van der Waals surface area (Å²) in [6.45, 7) is 20.0. The Bertz CT molecular complexity index is 6480. The van der Waals surface area contributed by atoms with Gasteiger partial charge in [-0.25, -0.2) is 0 Å². The number of aromatic nitrogens is 5. The predicted octanol–water partition coefficient (Wildman–Crippen LogP) is 24.3. The van der Waals surface area contributed by atoms with Gasteiger partial charge in [0.15, 0.2) is 61.2 Å². The maximum Gasteiger partial charge on any atom is 0.213 e. The molecular weight excluding hydrogens is 1380 g/mol. The lowest BCUT2D eigenvalue weighted by Gasteiger charge is -2.10. The molecule has 12 heterocycles. The summed E-state index contributed by atoms with van der Waals surface area (Å²) < 4.78 is 18.4. The van der Waals surface area contributed by atoms with Gasteiger partial charge in [0.05, 0.1) is 34.9 Å². The molecule has 8 heteroatoms. The van der Waals surface area contributed by atoms with Gasteiger partial charge in [-0.3, -0.25) is 0 Å². The number of thiophene rings is 2. The lowest BCUT2D eigenvalue weighted by Crippen LogP contribution is -2.35. The van der Waals surface area contributed by atoms with Crippen LogP contribution in [0.4, 0.5) is 0 Å². The molecule has 0 saturated heterocycles. The molecule has 0 spiro atoms. The molecule has 7 aromatic heterocycles. The molecule has 0 fully saturated rings. The fourth-order valence-electron chi connectivity index (χ4n) is 17.4. The molecule has 110 heavy (non-hydrogen) atoms. The van der Waals surface area contributed by atoms with Gasteiger partial charge in [-0.15, -0.1) is 22.7 Å². The first-order valence-corrected chi connectivity index (χ1v) is 40.2. The summed E-state index contributed by atoms with van der Waals surface area (Å²) in [5, 5.41) is 6.61. The summed E-state index contributed by atoms with van der Waals surface area (Å²) >= 11 is 3.75. The SMILES string of the molecule is COc1ccc2c(c1)-c1cccc[n+]1C2C.Cc1ccc(-c2ccc3c(c2)-c2cccc[n+]2C3C)c2ccccc12.Cc1ccc(-c2ccc3c(c2)-c2cccc[n+]2C3C)s1.Cc1ccc2cc(-c3ccc4c(c3)-c3cccc[n+]3C4C)ccc2c1.Cc1ccc2cc(-c3ccc4c(c3)-c3cccc[n+]3C4C)sc2c1. The summed E-state index contributed by atoms with van der Waals surface area (Å²) in [7, 11) is 1.71. The molecule has 0 aliphatic carbocycles. The Morgan fingerprint density at radius 3 is 1.16 bits per heavy atom. The molecule has 0 N–H and O–H groups in total. The molecule has 0 radical (unpaired) electrons. The van der Waals surface area contributed by atoms with Crippen molar-refractivity contribution in [3.8, 4) is 105 Å². The Hall–Kier alpha value is -12.1. The van der Waals surface area contributed by atoms with Gasteiger partial charge in [0, 0.05) is 142 Å². The molecule has 5 aliphatic rings. The van der Waals surface area contributed by atoms with E-state index in [1.165, 1.54) is 180 Å². The van der Waals surface area contributed by atoms with Crippen LogP contribution in [0.15, 0.2) is 322 Å². The van der Waals surface area contributed by atoms with Gasteiger partial charge in [-0.2, -0.15) is 22.8 Å². The number of nitrogens with zero attached hydrogens (tertiary/aromatic N) is 5. The number of hydrogen-bond donors (Lipinski definition) is 0. The number of fused-ring (bicyclic) bond motifs is 18. The van der Waals surface area contributed by atoms with Gasteiger partial charge in [-0.1, -0.05) is 133 Å². The van der Waals surface area contributed by atoms with Gasteiger partial charge in [0.2, 0.25) is 28.5 Å². The smallest absolute Gasteiger partial charge is 0.213 e. The average Bonchev–Trinajstić information content (AvgIpc) is 1.62.